The highest BCUT2D eigenvalue weighted by Gasteiger charge is 2.03. The molecule has 5 nitrogen and oxygen atoms in total. The van der Waals surface area contributed by atoms with E-state index in [4.69, 9.17) is 16.3 Å². The lowest BCUT2D eigenvalue weighted by Gasteiger charge is -2.06. The summed E-state index contributed by atoms with van der Waals surface area (Å²) in [6.45, 7) is 4.30. The summed E-state index contributed by atoms with van der Waals surface area (Å²) in [5, 5.41) is 5.99. The first-order chi connectivity index (χ1) is 9.11. The van der Waals surface area contributed by atoms with Gasteiger partial charge in [0.25, 0.3) is 0 Å². The molecule has 1 aromatic rings. The number of anilines is 1. The maximum Gasteiger partial charge on any atom is 0.437 e. The van der Waals surface area contributed by atoms with Crippen LogP contribution in [0.15, 0.2) is 29.4 Å². The highest BCUT2D eigenvalue weighted by Crippen LogP contribution is 2.16. The number of hydrogen-bond donors (Lipinski definition) is 1. The molecule has 0 unspecified atom stereocenters. The van der Waals surface area contributed by atoms with E-state index in [1.807, 2.05) is 0 Å². The average molecular weight is 285 g/mol. The molecule has 0 radical (unpaired) electrons. The molecule has 0 aliphatic rings. The molecule has 0 saturated carbocycles. The first-order valence-corrected chi connectivity index (χ1v) is 6.40. The second-order valence-electron chi connectivity index (χ2n) is 3.82. The van der Waals surface area contributed by atoms with Crippen molar-refractivity contribution in [2.75, 3.05) is 11.9 Å². The Morgan fingerprint density at radius 3 is 2.63 bits per heavy atom. The lowest BCUT2D eigenvalue weighted by molar-refractivity contribution is 0.167. The number of unbranched alkanes of at least 4 members (excludes halogenated alkanes) is 1. The number of nitrogens with one attached hydrogen (secondary N) is 1. The maximum absolute atomic E-state index is 11.3. The van der Waals surface area contributed by atoms with Gasteiger partial charge in [0.05, 0.1) is 6.61 Å². The van der Waals surface area contributed by atoms with Gasteiger partial charge in [0.15, 0.2) is 0 Å². The molecule has 0 heterocycles. The third kappa shape index (κ3) is 6.67. The summed E-state index contributed by atoms with van der Waals surface area (Å²) in [7, 11) is 0. The van der Waals surface area contributed by atoms with Crippen molar-refractivity contribution in [3.05, 3.63) is 24.3 Å². The number of nitrogens with zero attached hydrogens (tertiary/aromatic N) is 1. The normalized spacial score (nSPS) is 11.0. The van der Waals surface area contributed by atoms with E-state index in [1.165, 1.54) is 6.92 Å². The van der Waals surface area contributed by atoms with Crippen LogP contribution in [0.3, 0.4) is 0 Å². The van der Waals surface area contributed by atoms with Crippen LogP contribution in [0.25, 0.3) is 0 Å². The molecule has 1 aromatic carbocycles. The van der Waals surface area contributed by atoms with Gasteiger partial charge in [-0.25, -0.2) is 4.79 Å². The summed E-state index contributed by atoms with van der Waals surface area (Å²) in [6, 6.07) is 7.00. The van der Waals surface area contributed by atoms with Gasteiger partial charge in [0.1, 0.15) is 10.9 Å². The van der Waals surface area contributed by atoms with E-state index in [0.29, 0.717) is 12.3 Å². The molecule has 104 valence electrons. The second kappa shape index (κ2) is 8.37. The van der Waals surface area contributed by atoms with Crippen LogP contribution in [0.4, 0.5) is 10.5 Å². The van der Waals surface area contributed by atoms with Crippen LogP contribution in [-0.4, -0.2) is 17.9 Å². The average Bonchev–Trinajstić information content (AvgIpc) is 2.39. The third-order valence-corrected chi connectivity index (χ3v) is 2.19. The summed E-state index contributed by atoms with van der Waals surface area (Å²) in [4.78, 5) is 15.8. The molecule has 0 spiro atoms. The molecule has 0 atom stereocenters. The number of halogens is 1. The van der Waals surface area contributed by atoms with Crippen molar-refractivity contribution in [1.82, 2.24) is 0 Å². The first-order valence-electron chi connectivity index (χ1n) is 6.02. The van der Waals surface area contributed by atoms with E-state index in [1.54, 1.807) is 24.3 Å². The van der Waals surface area contributed by atoms with E-state index in [0.717, 1.165) is 18.6 Å². The van der Waals surface area contributed by atoms with E-state index in [2.05, 4.69) is 22.2 Å². The van der Waals surface area contributed by atoms with Gasteiger partial charge in [-0.3, -0.25) is 10.2 Å². The minimum atomic E-state index is -0.695. The Bertz CT molecular complexity index is 428. The van der Waals surface area contributed by atoms with Crippen LogP contribution in [0.2, 0.25) is 0 Å². The van der Waals surface area contributed by atoms with Crippen LogP contribution in [0.1, 0.15) is 26.7 Å². The molecule has 0 aliphatic carbocycles. The van der Waals surface area contributed by atoms with Crippen LogP contribution < -0.4 is 10.1 Å². The zero-order valence-corrected chi connectivity index (χ0v) is 11.7. The Kier molecular flexibility index (Phi) is 6.74. The number of ether oxygens (including phenoxy) is 1. The lowest BCUT2D eigenvalue weighted by Crippen LogP contribution is -2.11. The molecule has 19 heavy (non-hydrogen) atoms. The van der Waals surface area contributed by atoms with Crippen LogP contribution in [-0.2, 0) is 4.84 Å². The van der Waals surface area contributed by atoms with Crippen molar-refractivity contribution < 1.29 is 14.4 Å². The highest BCUT2D eigenvalue weighted by atomic mass is 35.5. The molecule has 6 heteroatoms. The van der Waals surface area contributed by atoms with Crippen molar-refractivity contribution in [3.8, 4) is 5.75 Å². The molecule has 1 rings (SSSR count). The standard InChI is InChI=1S/C13H17ClN2O3/c1-3-4-9-18-12-7-5-11(6-8-12)15-13(17)19-16-10(2)14/h5-8H,3-4,9H2,1-2H3,(H,15,17). The summed E-state index contributed by atoms with van der Waals surface area (Å²) in [6.07, 6.45) is 1.41. The molecule has 0 bridgehead atoms. The molecule has 0 aromatic heterocycles. The monoisotopic (exact) mass is 284 g/mol. The number of rotatable bonds is 6. The van der Waals surface area contributed by atoms with Crippen molar-refractivity contribution in [1.29, 1.82) is 0 Å². The fourth-order valence-corrected chi connectivity index (χ4v) is 1.25. The van der Waals surface area contributed by atoms with Crippen molar-refractivity contribution in [2.45, 2.75) is 26.7 Å². The molecular formula is C13H17ClN2O3. The minimum Gasteiger partial charge on any atom is -0.494 e. The van der Waals surface area contributed by atoms with E-state index in [9.17, 15) is 4.79 Å². The molecular weight excluding hydrogens is 268 g/mol. The first kappa shape index (κ1) is 15.3. The van der Waals surface area contributed by atoms with Gasteiger partial charge in [-0.1, -0.05) is 30.1 Å². The molecule has 0 fully saturated rings. The number of oxime groups is 1. The Balaban J connectivity index is 2.43. The fraction of sp³-hybridized carbons (Fsp3) is 0.385. The highest BCUT2D eigenvalue weighted by molar-refractivity contribution is 6.64. The van der Waals surface area contributed by atoms with Gasteiger partial charge in [0, 0.05) is 5.69 Å². The SMILES string of the molecule is CCCCOc1ccc(NC(=O)ON=C(C)Cl)cc1. The Hall–Kier alpha value is -1.75. The number of carbonyl (C=O) groups is 1. The predicted molar refractivity (Wildman–Crippen MR) is 75.9 cm³/mol. The summed E-state index contributed by atoms with van der Waals surface area (Å²) >= 11 is 5.43. The van der Waals surface area contributed by atoms with Crippen LogP contribution >= 0.6 is 11.6 Å². The number of carbonyl (C=O) groups excluding carboxylic acids is 1. The number of hydrogen-bond acceptors (Lipinski definition) is 4. The Morgan fingerprint density at radius 2 is 2.05 bits per heavy atom. The lowest BCUT2D eigenvalue weighted by atomic mass is 10.3. The fourth-order valence-electron chi connectivity index (χ4n) is 1.21. The van der Waals surface area contributed by atoms with Crippen molar-refractivity contribution in [2.24, 2.45) is 5.16 Å². The van der Waals surface area contributed by atoms with E-state index in [-0.39, 0.29) is 5.17 Å². The second-order valence-corrected chi connectivity index (χ2v) is 4.37. The summed E-state index contributed by atoms with van der Waals surface area (Å²) < 4.78 is 5.50. The van der Waals surface area contributed by atoms with Crippen LogP contribution in [0.5, 0.6) is 5.75 Å². The van der Waals surface area contributed by atoms with Crippen LogP contribution in [0, 0.1) is 0 Å². The summed E-state index contributed by atoms with van der Waals surface area (Å²) in [5.74, 6) is 0.766. The number of amides is 1. The van der Waals surface area contributed by atoms with Gasteiger partial charge in [-0.2, -0.15) is 0 Å². The molecule has 1 amide bonds. The molecule has 0 saturated heterocycles. The smallest absolute Gasteiger partial charge is 0.437 e. The molecule has 0 aliphatic heterocycles. The largest absolute Gasteiger partial charge is 0.494 e. The van der Waals surface area contributed by atoms with Gasteiger partial charge < -0.3 is 4.74 Å². The molecule has 1 N–H and O–H groups in total. The zero-order valence-electron chi connectivity index (χ0n) is 11.0. The van der Waals surface area contributed by atoms with Gasteiger partial charge in [-0.05, 0) is 37.6 Å². The zero-order chi connectivity index (χ0) is 14.1. The van der Waals surface area contributed by atoms with E-state index >= 15 is 0 Å². The maximum atomic E-state index is 11.3. The Labute approximate surface area is 117 Å². The van der Waals surface area contributed by atoms with Gasteiger partial charge in [0.2, 0.25) is 0 Å². The van der Waals surface area contributed by atoms with Crippen molar-refractivity contribution >= 4 is 28.6 Å². The van der Waals surface area contributed by atoms with Gasteiger partial charge in [-0.15, -0.1) is 0 Å². The third-order valence-electron chi connectivity index (χ3n) is 2.12. The van der Waals surface area contributed by atoms with E-state index < -0.39 is 6.09 Å². The topological polar surface area (TPSA) is 59.9 Å². The minimum absolute atomic E-state index is 0.148. The van der Waals surface area contributed by atoms with Crippen molar-refractivity contribution in [3.63, 3.8) is 0 Å². The Morgan fingerprint density at radius 1 is 1.37 bits per heavy atom. The van der Waals surface area contributed by atoms with Gasteiger partial charge >= 0.3 is 6.09 Å². The predicted octanol–water partition coefficient (Wildman–Crippen LogP) is 3.99. The number of benzene rings is 1. The quantitative estimate of drug-likeness (QED) is 0.372. The summed E-state index contributed by atoms with van der Waals surface area (Å²) in [5.41, 5.74) is 0.593.